The molecule has 0 saturated heterocycles. The summed E-state index contributed by atoms with van der Waals surface area (Å²) in [4.78, 5) is 54.4. The van der Waals surface area contributed by atoms with Crippen LogP contribution in [0.15, 0.2) is 84.1 Å². The van der Waals surface area contributed by atoms with E-state index in [0.717, 1.165) is 16.7 Å². The minimum absolute atomic E-state index is 0.0874. The number of aliphatic hydroxyl groups is 1. The summed E-state index contributed by atoms with van der Waals surface area (Å²) in [5.74, 6) is -2.99. The maximum absolute atomic E-state index is 14.6. The van der Waals surface area contributed by atoms with Crippen molar-refractivity contribution in [3.05, 3.63) is 84.1 Å². The molecule has 8 heteroatoms. The number of rotatable bonds is 12. The maximum atomic E-state index is 14.6. The molecule has 0 aromatic heterocycles. The molecule has 8 nitrogen and oxygen atoms in total. The SMILES string of the molecule is C=C/C=C\C(=C/C)CCC(=O)OC1CC2C(OC(=O)C(/C=C\C=C)=C/C)[C@@H]3C(CO)(OC(C)=O)CCC[C@@]3(C)C(=O)CC(=C1C)C2(C)C. The van der Waals surface area contributed by atoms with Crippen LogP contribution in [0.1, 0.15) is 93.4 Å². The summed E-state index contributed by atoms with van der Waals surface area (Å²) in [5.41, 5.74) is -0.278. The molecule has 0 amide bonds. The van der Waals surface area contributed by atoms with Crippen LogP contribution in [-0.4, -0.2) is 53.2 Å². The van der Waals surface area contributed by atoms with Gasteiger partial charge < -0.3 is 19.3 Å². The third-order valence-corrected chi connectivity index (χ3v) is 10.9. The van der Waals surface area contributed by atoms with E-state index in [1.165, 1.54) is 6.92 Å². The van der Waals surface area contributed by atoms with Gasteiger partial charge in [0.1, 0.15) is 23.6 Å². The lowest BCUT2D eigenvalue weighted by Crippen LogP contribution is -2.66. The standard InChI is InChI=1S/C40H54O8/c1-10-14-17-28(12-3)19-20-34(44)46-32-23-31-35(47-37(45)29(13-4)18-15-11-2)36-39(9,21-16-22-40(36,25-41)48-27(6)42)33(43)24-30(26(32)5)38(31,7)8/h10-15,17-18,31-32,35-36,41H,1-2,16,19-25H2,3-9H3/b17-14-,18-15-,28-12+,29-13+/t31?,32?,35?,36-,39-,40?/m0/s1. The highest BCUT2D eigenvalue weighted by atomic mass is 16.6. The molecular weight excluding hydrogens is 608 g/mol. The second-order valence-electron chi connectivity index (χ2n) is 14.0. The average molecular weight is 663 g/mol. The van der Waals surface area contributed by atoms with Crippen molar-refractivity contribution in [2.45, 2.75) is 111 Å². The van der Waals surface area contributed by atoms with E-state index in [-0.39, 0.29) is 30.2 Å². The van der Waals surface area contributed by atoms with Crippen molar-refractivity contribution in [2.75, 3.05) is 6.61 Å². The predicted molar refractivity (Wildman–Crippen MR) is 186 cm³/mol. The zero-order chi connectivity index (χ0) is 35.9. The molecule has 0 aliphatic heterocycles. The normalized spacial score (nSPS) is 30.7. The average Bonchev–Trinajstić information content (AvgIpc) is 3.03. The van der Waals surface area contributed by atoms with Gasteiger partial charge in [-0.05, 0) is 69.9 Å². The van der Waals surface area contributed by atoms with Gasteiger partial charge >= 0.3 is 17.9 Å². The molecule has 0 heterocycles. The molecule has 48 heavy (non-hydrogen) atoms. The van der Waals surface area contributed by atoms with Gasteiger partial charge in [-0.25, -0.2) is 4.79 Å². The second kappa shape index (κ2) is 16.1. The lowest BCUT2D eigenvalue weighted by molar-refractivity contribution is -0.224. The fourth-order valence-electron chi connectivity index (χ4n) is 8.28. The molecule has 0 radical (unpaired) electrons. The van der Waals surface area contributed by atoms with Crippen LogP contribution in [-0.2, 0) is 33.4 Å². The highest BCUT2D eigenvalue weighted by molar-refractivity contribution is 5.92. The van der Waals surface area contributed by atoms with Crippen molar-refractivity contribution in [3.8, 4) is 0 Å². The summed E-state index contributed by atoms with van der Waals surface area (Å²) in [6, 6.07) is 0. The largest absolute Gasteiger partial charge is 0.458 e. The van der Waals surface area contributed by atoms with E-state index in [4.69, 9.17) is 14.2 Å². The Bertz CT molecular complexity index is 1440. The number of hydrogen-bond donors (Lipinski definition) is 1. The van der Waals surface area contributed by atoms with E-state index in [1.807, 2.05) is 52.8 Å². The third-order valence-electron chi connectivity index (χ3n) is 10.9. The van der Waals surface area contributed by atoms with Crippen molar-refractivity contribution < 1.29 is 38.5 Å². The summed E-state index contributed by atoms with van der Waals surface area (Å²) in [7, 11) is 0. The van der Waals surface area contributed by atoms with Gasteiger partial charge in [-0.2, -0.15) is 0 Å². The molecule has 0 aromatic carbocycles. The number of Topliss-reactive ketones (excluding diaryl/α,β-unsaturated/α-hetero) is 1. The van der Waals surface area contributed by atoms with Crippen molar-refractivity contribution in [2.24, 2.45) is 22.7 Å². The van der Waals surface area contributed by atoms with Crippen molar-refractivity contribution in [1.82, 2.24) is 0 Å². The number of ether oxygens (including phenoxy) is 3. The van der Waals surface area contributed by atoms with Crippen LogP contribution in [0.3, 0.4) is 0 Å². The molecule has 4 unspecified atom stereocenters. The van der Waals surface area contributed by atoms with Crippen LogP contribution in [0.2, 0.25) is 0 Å². The van der Waals surface area contributed by atoms with Gasteiger partial charge in [0.15, 0.2) is 0 Å². The fraction of sp³-hybridized carbons (Fsp3) is 0.550. The monoisotopic (exact) mass is 662 g/mol. The fourth-order valence-corrected chi connectivity index (χ4v) is 8.28. The van der Waals surface area contributed by atoms with E-state index in [9.17, 15) is 24.3 Å². The Morgan fingerprint density at radius 1 is 0.979 bits per heavy atom. The smallest absolute Gasteiger partial charge is 0.338 e. The molecule has 6 atom stereocenters. The molecule has 0 aromatic rings. The minimum Gasteiger partial charge on any atom is -0.458 e. The molecule has 3 aliphatic rings. The van der Waals surface area contributed by atoms with Crippen LogP contribution in [0.25, 0.3) is 0 Å². The number of allylic oxidation sites excluding steroid dienone is 9. The van der Waals surface area contributed by atoms with Gasteiger partial charge in [0.25, 0.3) is 0 Å². The molecule has 0 spiro atoms. The Labute approximate surface area is 286 Å². The van der Waals surface area contributed by atoms with Crippen LogP contribution in [0.5, 0.6) is 0 Å². The molecule has 2 saturated carbocycles. The number of hydrogen-bond acceptors (Lipinski definition) is 8. The quantitative estimate of drug-likeness (QED) is 0.0756. The third kappa shape index (κ3) is 7.91. The van der Waals surface area contributed by atoms with E-state index < -0.39 is 59.0 Å². The predicted octanol–water partition coefficient (Wildman–Crippen LogP) is 7.40. The molecule has 2 fully saturated rings. The molecule has 1 N–H and O–H groups in total. The van der Waals surface area contributed by atoms with Crippen molar-refractivity contribution >= 4 is 23.7 Å². The Hall–Kier alpha value is -3.78. The Morgan fingerprint density at radius 3 is 2.23 bits per heavy atom. The zero-order valence-corrected chi connectivity index (χ0v) is 29.8. The number of carbonyl (C=O) groups excluding carboxylic acids is 4. The molecule has 3 aliphatic carbocycles. The van der Waals surface area contributed by atoms with Crippen LogP contribution in [0.4, 0.5) is 0 Å². The summed E-state index contributed by atoms with van der Waals surface area (Å²) >= 11 is 0. The summed E-state index contributed by atoms with van der Waals surface area (Å²) in [6.45, 7) is 19.6. The van der Waals surface area contributed by atoms with Crippen LogP contribution in [0, 0.1) is 22.7 Å². The number of carbonyl (C=O) groups is 4. The Balaban J connectivity index is 2.20. The van der Waals surface area contributed by atoms with Gasteiger partial charge in [0.05, 0.1) is 18.1 Å². The van der Waals surface area contributed by atoms with Gasteiger partial charge in [-0.1, -0.05) is 87.6 Å². The van der Waals surface area contributed by atoms with Gasteiger partial charge in [0, 0.05) is 31.1 Å². The summed E-state index contributed by atoms with van der Waals surface area (Å²) in [6.07, 6.45) is 14.5. The van der Waals surface area contributed by atoms with E-state index in [2.05, 4.69) is 13.2 Å². The van der Waals surface area contributed by atoms with Crippen LogP contribution < -0.4 is 0 Å². The maximum Gasteiger partial charge on any atom is 0.338 e. The first kappa shape index (κ1) is 38.7. The lowest BCUT2D eigenvalue weighted by atomic mass is 9.48. The number of esters is 3. The summed E-state index contributed by atoms with van der Waals surface area (Å²) in [5, 5.41) is 11.0. The van der Waals surface area contributed by atoms with Gasteiger partial charge in [-0.3, -0.25) is 14.4 Å². The molecule has 3 rings (SSSR count). The minimum atomic E-state index is -1.47. The Morgan fingerprint density at radius 2 is 1.65 bits per heavy atom. The van der Waals surface area contributed by atoms with E-state index in [0.29, 0.717) is 32.1 Å². The van der Waals surface area contributed by atoms with E-state index >= 15 is 0 Å². The summed E-state index contributed by atoms with van der Waals surface area (Å²) < 4.78 is 18.7. The highest BCUT2D eigenvalue weighted by Gasteiger charge is 2.65. The molecule has 2 bridgehead atoms. The van der Waals surface area contributed by atoms with Gasteiger partial charge in [-0.15, -0.1) is 0 Å². The lowest BCUT2D eigenvalue weighted by Gasteiger charge is -2.59. The first-order valence-electron chi connectivity index (χ1n) is 17.0. The van der Waals surface area contributed by atoms with Gasteiger partial charge in [0.2, 0.25) is 0 Å². The number of fused-ring (bicyclic) bond motifs is 3. The number of ketones is 1. The number of aliphatic hydroxyl groups excluding tert-OH is 1. The molecule has 262 valence electrons. The van der Waals surface area contributed by atoms with Crippen molar-refractivity contribution in [3.63, 3.8) is 0 Å². The second-order valence-corrected chi connectivity index (χ2v) is 14.0. The topological polar surface area (TPSA) is 116 Å². The van der Waals surface area contributed by atoms with E-state index in [1.54, 1.807) is 37.3 Å². The Kier molecular flexibility index (Phi) is 13.0. The van der Waals surface area contributed by atoms with Crippen LogP contribution >= 0.6 is 0 Å². The first-order chi connectivity index (χ1) is 22.6. The first-order valence-corrected chi connectivity index (χ1v) is 17.0. The molecular formula is C40H54O8. The van der Waals surface area contributed by atoms with Crippen molar-refractivity contribution in [1.29, 1.82) is 0 Å². The zero-order valence-electron chi connectivity index (χ0n) is 29.8. The highest BCUT2D eigenvalue weighted by Crippen LogP contribution is 2.60.